The molecule has 8 nitrogen and oxygen atoms in total. The molecule has 8 heteroatoms. The molecule has 0 bridgehead atoms. The number of ether oxygens (including phenoxy) is 1. The molecule has 160 valence electrons. The number of amidine groups is 1. The molecule has 1 heterocycles. The van der Waals surface area contributed by atoms with Crippen LogP contribution in [0.2, 0.25) is 0 Å². The van der Waals surface area contributed by atoms with Gasteiger partial charge in [0.2, 0.25) is 11.8 Å². The molecule has 5 N–H and O–H groups in total. The maximum Gasteiger partial charge on any atom is 0.247 e. The number of carbonyl (C=O) groups is 2. The molecule has 3 rings (SSSR count). The molecule has 0 radical (unpaired) electrons. The van der Waals surface area contributed by atoms with Crippen molar-refractivity contribution < 1.29 is 14.3 Å². The second kappa shape index (κ2) is 9.71. The normalized spacial score (nSPS) is 16.3. The van der Waals surface area contributed by atoms with Crippen molar-refractivity contribution in [3.8, 4) is 5.75 Å². The van der Waals surface area contributed by atoms with E-state index in [0.29, 0.717) is 35.8 Å². The quantitative estimate of drug-likeness (QED) is 0.387. The minimum Gasteiger partial charge on any atom is -0.497 e. The Bertz CT molecular complexity index is 1050. The molecule has 2 amide bonds. The van der Waals surface area contributed by atoms with E-state index in [1.807, 2.05) is 18.2 Å². The number of anilines is 1. The molecule has 0 saturated heterocycles. The lowest BCUT2D eigenvalue weighted by Gasteiger charge is -2.30. The van der Waals surface area contributed by atoms with Gasteiger partial charge in [-0.15, -0.1) is 0 Å². The minimum absolute atomic E-state index is 0.0338. The highest BCUT2D eigenvalue weighted by atomic mass is 16.5. The molecule has 0 aromatic heterocycles. The zero-order valence-corrected chi connectivity index (χ0v) is 17.2. The summed E-state index contributed by atoms with van der Waals surface area (Å²) in [5.41, 5.74) is 7.72. The van der Waals surface area contributed by atoms with Gasteiger partial charge in [-0.2, -0.15) is 0 Å². The molecule has 2 unspecified atom stereocenters. The van der Waals surface area contributed by atoms with Crippen LogP contribution in [0.1, 0.15) is 23.6 Å². The molecule has 0 aliphatic carbocycles. The summed E-state index contributed by atoms with van der Waals surface area (Å²) in [6.07, 6.45) is 1.86. The van der Waals surface area contributed by atoms with Gasteiger partial charge >= 0.3 is 0 Å². The van der Waals surface area contributed by atoms with E-state index in [1.54, 1.807) is 30.3 Å². The van der Waals surface area contributed by atoms with Crippen molar-refractivity contribution in [1.82, 2.24) is 5.32 Å². The monoisotopic (exact) mass is 419 g/mol. The van der Waals surface area contributed by atoms with Crippen molar-refractivity contribution in [2.75, 3.05) is 19.0 Å². The van der Waals surface area contributed by atoms with Gasteiger partial charge in [-0.25, -0.2) is 0 Å². The number of para-hydroxylation sites is 1. The van der Waals surface area contributed by atoms with Crippen LogP contribution in [0.4, 0.5) is 5.69 Å². The summed E-state index contributed by atoms with van der Waals surface area (Å²) < 4.78 is 5.22. The van der Waals surface area contributed by atoms with Gasteiger partial charge in [-0.3, -0.25) is 14.6 Å². The second-order valence-corrected chi connectivity index (χ2v) is 7.01. The van der Waals surface area contributed by atoms with E-state index in [4.69, 9.17) is 15.9 Å². The van der Waals surface area contributed by atoms with Gasteiger partial charge in [0, 0.05) is 17.8 Å². The van der Waals surface area contributed by atoms with E-state index < -0.39 is 11.8 Å². The van der Waals surface area contributed by atoms with Gasteiger partial charge < -0.3 is 26.5 Å². The summed E-state index contributed by atoms with van der Waals surface area (Å²) in [7, 11) is 1.54. The number of hydrogen-bond donors (Lipinski definition) is 4. The Morgan fingerprint density at radius 3 is 2.81 bits per heavy atom. The molecule has 1 aliphatic rings. The highest BCUT2D eigenvalue weighted by molar-refractivity contribution is 6.25. The molecule has 2 aromatic rings. The molecule has 0 fully saturated rings. The zero-order chi connectivity index (χ0) is 22.4. The van der Waals surface area contributed by atoms with Crippen molar-refractivity contribution in [1.29, 1.82) is 5.41 Å². The van der Waals surface area contributed by atoms with Crippen molar-refractivity contribution in [3.05, 3.63) is 72.3 Å². The first-order chi connectivity index (χ1) is 14.9. The molecule has 0 spiro atoms. The Morgan fingerprint density at radius 1 is 1.32 bits per heavy atom. The van der Waals surface area contributed by atoms with Crippen LogP contribution in [-0.4, -0.2) is 37.0 Å². The van der Waals surface area contributed by atoms with E-state index in [2.05, 4.69) is 22.2 Å². The zero-order valence-electron chi connectivity index (χ0n) is 17.2. The third kappa shape index (κ3) is 4.98. The predicted octanol–water partition coefficient (Wildman–Crippen LogP) is 2.42. The van der Waals surface area contributed by atoms with Crippen LogP contribution >= 0.6 is 0 Å². The van der Waals surface area contributed by atoms with Gasteiger partial charge in [0.15, 0.2) is 0 Å². The van der Waals surface area contributed by atoms with Crippen molar-refractivity contribution in [2.24, 2.45) is 16.6 Å². The van der Waals surface area contributed by atoms with Crippen LogP contribution < -0.4 is 21.1 Å². The number of nitrogens with two attached hydrogens (primary N) is 1. The number of benzene rings is 2. The van der Waals surface area contributed by atoms with E-state index >= 15 is 0 Å². The van der Waals surface area contributed by atoms with E-state index in [-0.39, 0.29) is 17.7 Å². The number of hydrogen-bond acceptors (Lipinski definition) is 6. The SMILES string of the molecule is C=CC(=O)Nc1ccccc1C1CCN=C(C(C(=N)c2cccc(OC)c2)C(N)=O)N1. The second-order valence-electron chi connectivity index (χ2n) is 7.01. The molecule has 2 aromatic carbocycles. The van der Waals surface area contributed by atoms with Crippen molar-refractivity contribution >= 4 is 29.0 Å². The lowest BCUT2D eigenvalue weighted by molar-refractivity contribution is -0.118. The Hall–Kier alpha value is -3.94. The number of rotatable bonds is 8. The van der Waals surface area contributed by atoms with Gasteiger partial charge in [0.1, 0.15) is 17.5 Å². The molecule has 31 heavy (non-hydrogen) atoms. The van der Waals surface area contributed by atoms with Crippen molar-refractivity contribution in [2.45, 2.75) is 12.5 Å². The third-order valence-corrected chi connectivity index (χ3v) is 5.03. The van der Waals surface area contributed by atoms with Gasteiger partial charge in [0.05, 0.1) is 18.9 Å². The van der Waals surface area contributed by atoms with Crippen LogP contribution in [0.3, 0.4) is 0 Å². The molecular formula is C23H25N5O3. The number of aliphatic imine (C=N–C) groups is 1. The largest absolute Gasteiger partial charge is 0.497 e. The van der Waals surface area contributed by atoms with Crippen LogP contribution in [0.5, 0.6) is 5.75 Å². The Morgan fingerprint density at radius 2 is 2.10 bits per heavy atom. The molecule has 1 aliphatic heterocycles. The molecule has 2 atom stereocenters. The number of amides is 2. The summed E-state index contributed by atoms with van der Waals surface area (Å²) in [6.45, 7) is 3.93. The first-order valence-corrected chi connectivity index (χ1v) is 9.80. The fourth-order valence-electron chi connectivity index (χ4n) is 3.49. The number of carbonyl (C=O) groups excluding carboxylic acids is 2. The van der Waals surface area contributed by atoms with E-state index in [9.17, 15) is 9.59 Å². The lowest BCUT2D eigenvalue weighted by Crippen LogP contribution is -2.46. The average molecular weight is 419 g/mol. The molecule has 0 saturated carbocycles. The van der Waals surface area contributed by atoms with Crippen LogP contribution in [0, 0.1) is 11.3 Å². The first-order valence-electron chi connectivity index (χ1n) is 9.80. The smallest absolute Gasteiger partial charge is 0.247 e. The van der Waals surface area contributed by atoms with Crippen LogP contribution in [-0.2, 0) is 9.59 Å². The fourth-order valence-corrected chi connectivity index (χ4v) is 3.49. The minimum atomic E-state index is -1.04. The maximum absolute atomic E-state index is 12.3. The third-order valence-electron chi connectivity index (χ3n) is 5.03. The van der Waals surface area contributed by atoms with E-state index in [0.717, 1.165) is 5.56 Å². The maximum atomic E-state index is 12.3. The Labute approximate surface area is 180 Å². The average Bonchev–Trinajstić information content (AvgIpc) is 2.79. The van der Waals surface area contributed by atoms with Gasteiger partial charge in [-0.05, 0) is 36.3 Å². The molecular weight excluding hydrogens is 394 g/mol. The summed E-state index contributed by atoms with van der Waals surface area (Å²) in [6, 6.07) is 14.1. The summed E-state index contributed by atoms with van der Waals surface area (Å²) in [4.78, 5) is 28.6. The van der Waals surface area contributed by atoms with E-state index in [1.165, 1.54) is 13.2 Å². The Kier molecular flexibility index (Phi) is 6.81. The number of methoxy groups -OCH3 is 1. The number of primary amides is 1. The topological polar surface area (TPSA) is 130 Å². The van der Waals surface area contributed by atoms with Gasteiger partial charge in [-0.1, -0.05) is 36.9 Å². The first kappa shape index (κ1) is 21.8. The number of nitrogens with zero attached hydrogens (tertiary/aromatic N) is 1. The summed E-state index contributed by atoms with van der Waals surface area (Å²) in [5, 5.41) is 14.7. The van der Waals surface area contributed by atoms with Gasteiger partial charge in [0.25, 0.3) is 0 Å². The highest BCUT2D eigenvalue weighted by Gasteiger charge is 2.32. The summed E-state index contributed by atoms with van der Waals surface area (Å²) >= 11 is 0. The van der Waals surface area contributed by atoms with Crippen LogP contribution in [0.25, 0.3) is 0 Å². The Balaban J connectivity index is 1.88. The lowest BCUT2D eigenvalue weighted by atomic mass is 9.92. The fraction of sp³-hybridized carbons (Fsp3) is 0.217. The van der Waals surface area contributed by atoms with Crippen molar-refractivity contribution in [3.63, 3.8) is 0 Å². The highest BCUT2D eigenvalue weighted by Crippen LogP contribution is 2.28. The van der Waals surface area contributed by atoms with Crippen LogP contribution in [0.15, 0.2) is 66.2 Å². The standard InChI is InChI=1S/C23H25N5O3/c1-3-19(29)27-17-10-5-4-9-16(17)18-11-12-26-23(28-18)20(22(25)30)21(24)14-7-6-8-15(13-14)31-2/h3-10,13,18,20,24H,1,11-12H2,2H3,(H2,25,30)(H,26,28)(H,27,29). The predicted molar refractivity (Wildman–Crippen MR) is 121 cm³/mol. The summed E-state index contributed by atoms with van der Waals surface area (Å²) in [5.74, 6) is -1.11. The number of nitrogens with one attached hydrogen (secondary N) is 3.